The van der Waals surface area contributed by atoms with Crippen molar-refractivity contribution in [2.75, 3.05) is 10.8 Å². The van der Waals surface area contributed by atoms with Crippen molar-refractivity contribution in [2.45, 2.75) is 6.42 Å². The number of rotatable bonds is 7. The Balaban J connectivity index is 1.66. The zero-order chi connectivity index (χ0) is 23.4. The van der Waals surface area contributed by atoms with E-state index in [1.54, 1.807) is 48.5 Å². The Morgan fingerprint density at radius 1 is 1.06 bits per heavy atom. The van der Waals surface area contributed by atoms with Crippen LogP contribution in [0.15, 0.2) is 77.5 Å². The van der Waals surface area contributed by atoms with E-state index in [1.807, 2.05) is 12.1 Å². The maximum atomic E-state index is 13.0. The lowest BCUT2D eigenvalue weighted by atomic mass is 10.1. The van der Waals surface area contributed by atoms with Crippen molar-refractivity contribution in [1.82, 2.24) is 15.3 Å². The fourth-order valence-corrected chi connectivity index (χ4v) is 4.46. The summed E-state index contributed by atoms with van der Waals surface area (Å²) in [6.07, 6.45) is 3.62. The van der Waals surface area contributed by atoms with Gasteiger partial charge < -0.3 is 9.87 Å². The lowest BCUT2D eigenvalue weighted by Crippen LogP contribution is -2.29. The highest BCUT2D eigenvalue weighted by Gasteiger charge is 2.21. The first kappa shape index (κ1) is 23.3. The molecule has 1 heterocycles. The van der Waals surface area contributed by atoms with Crippen molar-refractivity contribution in [3.8, 4) is 0 Å². The number of nitrogens with zero attached hydrogens (tertiary/aromatic N) is 3. The molecule has 1 N–H and O–H groups in total. The molecule has 168 valence electrons. The zero-order valence-corrected chi connectivity index (χ0v) is 20.2. The smallest absolute Gasteiger partial charge is 0.253 e. The molecule has 0 spiro atoms. The summed E-state index contributed by atoms with van der Waals surface area (Å²) in [5.74, 6) is -0.395. The SMILES string of the molecule is O=C(NCCc1ccc(Cl)cc1)c1ccc(Br)cc1N(c1cccc2nccnc12)S(=O)[O-]. The Bertz CT molecular complexity index is 1330. The number of nitrogens with one attached hydrogen (secondary N) is 1. The number of aromatic nitrogens is 2. The van der Waals surface area contributed by atoms with Crippen molar-refractivity contribution in [2.24, 2.45) is 0 Å². The lowest BCUT2D eigenvalue weighted by molar-refractivity contribution is 0.0955. The fraction of sp³-hybridized carbons (Fsp3) is 0.0870. The molecule has 0 radical (unpaired) electrons. The van der Waals surface area contributed by atoms with Crippen LogP contribution < -0.4 is 9.62 Å². The molecule has 1 amide bonds. The molecule has 4 rings (SSSR count). The van der Waals surface area contributed by atoms with Crippen molar-refractivity contribution in [3.05, 3.63) is 93.7 Å². The number of carbonyl (C=O) groups excluding carboxylic acids is 1. The number of amides is 1. The highest BCUT2D eigenvalue weighted by Crippen LogP contribution is 2.35. The quantitative estimate of drug-likeness (QED) is 0.332. The standard InChI is InChI=1S/C23H18BrClN4O3S/c24-16-6-9-18(23(30)28-11-10-15-4-7-17(25)8-5-15)21(14-16)29(33(31)32)20-3-1-2-19-22(20)27-13-12-26-19/h1-9,12-14H,10-11H2,(H,28,30)(H,31,32)/p-1. The van der Waals surface area contributed by atoms with Crippen LogP contribution in [-0.4, -0.2) is 31.2 Å². The Hall–Kier alpha value is -2.85. The van der Waals surface area contributed by atoms with E-state index in [0.29, 0.717) is 39.2 Å². The average Bonchev–Trinajstić information content (AvgIpc) is 2.80. The summed E-state index contributed by atoms with van der Waals surface area (Å²) in [5, 5.41) is 3.51. The monoisotopic (exact) mass is 543 g/mol. The molecule has 0 aliphatic carbocycles. The van der Waals surface area contributed by atoms with E-state index in [4.69, 9.17) is 11.6 Å². The van der Waals surface area contributed by atoms with Crippen molar-refractivity contribution in [3.63, 3.8) is 0 Å². The van der Waals surface area contributed by atoms with Gasteiger partial charge in [0, 0.05) is 28.4 Å². The summed E-state index contributed by atoms with van der Waals surface area (Å²) in [4.78, 5) is 21.6. The van der Waals surface area contributed by atoms with Gasteiger partial charge in [-0.1, -0.05) is 45.7 Å². The Morgan fingerprint density at radius 3 is 2.58 bits per heavy atom. The van der Waals surface area contributed by atoms with E-state index in [1.165, 1.54) is 12.4 Å². The van der Waals surface area contributed by atoms with Gasteiger partial charge in [0.05, 0.1) is 33.7 Å². The summed E-state index contributed by atoms with van der Waals surface area (Å²) in [5.41, 5.74) is 2.65. The van der Waals surface area contributed by atoms with Crippen LogP contribution in [0.5, 0.6) is 0 Å². The first-order chi connectivity index (χ1) is 15.9. The van der Waals surface area contributed by atoms with Crippen molar-refractivity contribution in [1.29, 1.82) is 0 Å². The van der Waals surface area contributed by atoms with Crippen LogP contribution in [0.25, 0.3) is 11.0 Å². The second-order valence-electron chi connectivity index (χ2n) is 7.01. The number of carbonyl (C=O) groups is 1. The summed E-state index contributed by atoms with van der Waals surface area (Å²) in [6, 6.07) is 17.3. The number of fused-ring (bicyclic) bond motifs is 1. The maximum Gasteiger partial charge on any atom is 0.253 e. The molecule has 7 nitrogen and oxygen atoms in total. The average molecular weight is 545 g/mol. The highest BCUT2D eigenvalue weighted by atomic mass is 79.9. The number of hydrogen-bond donors (Lipinski definition) is 1. The second kappa shape index (κ2) is 10.4. The summed E-state index contributed by atoms with van der Waals surface area (Å²) in [6.45, 7) is 0.371. The molecule has 0 saturated carbocycles. The summed E-state index contributed by atoms with van der Waals surface area (Å²) >= 11 is 6.56. The molecular formula is C23H17BrClN4O3S-. The van der Waals surface area contributed by atoms with Crippen LogP contribution in [-0.2, 0) is 17.7 Å². The zero-order valence-electron chi connectivity index (χ0n) is 17.1. The van der Waals surface area contributed by atoms with E-state index in [2.05, 4.69) is 31.2 Å². The van der Waals surface area contributed by atoms with Crippen LogP contribution in [0.3, 0.4) is 0 Å². The van der Waals surface area contributed by atoms with Gasteiger partial charge in [-0.25, -0.2) is 0 Å². The van der Waals surface area contributed by atoms with Crippen molar-refractivity contribution < 1.29 is 13.6 Å². The number of hydrogen-bond acceptors (Lipinski definition) is 5. The van der Waals surface area contributed by atoms with Crippen molar-refractivity contribution >= 4 is 67.1 Å². The summed E-state index contributed by atoms with van der Waals surface area (Å²) in [7, 11) is 0. The van der Waals surface area contributed by atoms with E-state index < -0.39 is 17.2 Å². The molecule has 0 aliphatic rings. The van der Waals surface area contributed by atoms with E-state index in [9.17, 15) is 13.6 Å². The molecule has 0 saturated heterocycles. The molecule has 33 heavy (non-hydrogen) atoms. The number of halogens is 2. The van der Waals surface area contributed by atoms with E-state index in [-0.39, 0.29) is 11.3 Å². The fourth-order valence-electron chi connectivity index (χ4n) is 3.36. The Labute approximate surface area is 206 Å². The minimum Gasteiger partial charge on any atom is -0.755 e. The first-order valence-corrected chi connectivity index (χ1v) is 12.1. The topological polar surface area (TPSA) is 98.2 Å². The molecule has 0 bridgehead atoms. The predicted octanol–water partition coefficient (Wildman–Crippen LogP) is 4.95. The van der Waals surface area contributed by atoms with Crippen LogP contribution in [0.2, 0.25) is 5.02 Å². The van der Waals surface area contributed by atoms with Gasteiger partial charge in [-0.2, -0.15) is 0 Å². The van der Waals surface area contributed by atoms with Gasteiger partial charge in [0.25, 0.3) is 5.91 Å². The maximum absolute atomic E-state index is 13.0. The normalized spacial score (nSPS) is 11.8. The van der Waals surface area contributed by atoms with Crippen LogP contribution in [0.4, 0.5) is 11.4 Å². The molecule has 1 aromatic heterocycles. The minimum absolute atomic E-state index is 0.194. The molecule has 1 atom stereocenters. The predicted molar refractivity (Wildman–Crippen MR) is 132 cm³/mol. The molecule has 10 heteroatoms. The molecular weight excluding hydrogens is 528 g/mol. The number of anilines is 2. The van der Waals surface area contributed by atoms with Gasteiger partial charge in [0.2, 0.25) is 0 Å². The Morgan fingerprint density at radius 2 is 1.82 bits per heavy atom. The molecule has 0 fully saturated rings. The highest BCUT2D eigenvalue weighted by molar-refractivity contribution is 9.10. The molecule has 3 aromatic carbocycles. The number of para-hydroxylation sites is 1. The van der Waals surface area contributed by atoms with Gasteiger partial charge in [-0.15, -0.1) is 0 Å². The second-order valence-corrected chi connectivity index (χ2v) is 9.16. The first-order valence-electron chi connectivity index (χ1n) is 9.85. The molecule has 4 aromatic rings. The third kappa shape index (κ3) is 5.39. The number of benzene rings is 3. The van der Waals surface area contributed by atoms with Crippen LogP contribution >= 0.6 is 27.5 Å². The summed E-state index contributed by atoms with van der Waals surface area (Å²) < 4.78 is 26.4. The largest absolute Gasteiger partial charge is 0.755 e. The third-order valence-corrected chi connectivity index (χ3v) is 6.32. The van der Waals surface area contributed by atoms with Gasteiger partial charge in [-0.05, 0) is 54.4 Å². The van der Waals surface area contributed by atoms with Crippen LogP contribution in [0, 0.1) is 0 Å². The van der Waals surface area contributed by atoms with Gasteiger partial charge in [-0.3, -0.25) is 23.3 Å². The van der Waals surface area contributed by atoms with E-state index in [0.717, 1.165) is 9.87 Å². The van der Waals surface area contributed by atoms with Gasteiger partial charge >= 0.3 is 0 Å². The lowest BCUT2D eigenvalue weighted by Gasteiger charge is -2.29. The van der Waals surface area contributed by atoms with Crippen LogP contribution in [0.1, 0.15) is 15.9 Å². The van der Waals surface area contributed by atoms with Gasteiger partial charge in [0.1, 0.15) is 5.52 Å². The minimum atomic E-state index is -2.73. The van der Waals surface area contributed by atoms with Gasteiger partial charge in [0.15, 0.2) is 0 Å². The van der Waals surface area contributed by atoms with E-state index >= 15 is 0 Å². The molecule has 0 aliphatic heterocycles. The molecule has 1 unspecified atom stereocenters. The Kier molecular flexibility index (Phi) is 7.34. The third-order valence-electron chi connectivity index (χ3n) is 4.88.